The van der Waals surface area contributed by atoms with Gasteiger partial charge in [0.05, 0.1) is 0 Å². The monoisotopic (exact) mass is 557 g/mol. The molecule has 2 N–H and O–H groups in total. The molecule has 3 amide bonds. The lowest BCUT2D eigenvalue weighted by atomic mass is 9.94. The smallest absolute Gasteiger partial charge is 0.408 e. The van der Waals surface area contributed by atoms with E-state index in [4.69, 9.17) is 4.74 Å². The van der Waals surface area contributed by atoms with E-state index in [1.54, 1.807) is 25.7 Å². The van der Waals surface area contributed by atoms with Crippen molar-refractivity contribution in [2.24, 2.45) is 0 Å². The molecule has 0 saturated carbocycles. The minimum absolute atomic E-state index is 0.243. The highest BCUT2D eigenvalue weighted by Crippen LogP contribution is 2.29. The van der Waals surface area contributed by atoms with Gasteiger partial charge in [-0.1, -0.05) is 84.4 Å². The third-order valence-electron chi connectivity index (χ3n) is 6.64. The predicted molar refractivity (Wildman–Crippen MR) is 162 cm³/mol. The molecule has 0 bridgehead atoms. The molecule has 0 heterocycles. The topological polar surface area (TPSA) is 87.7 Å². The van der Waals surface area contributed by atoms with E-state index in [1.165, 1.54) is 0 Å². The van der Waals surface area contributed by atoms with Crippen molar-refractivity contribution < 1.29 is 19.1 Å². The molecule has 7 nitrogen and oxygen atoms in total. The van der Waals surface area contributed by atoms with Crippen molar-refractivity contribution in [1.82, 2.24) is 15.5 Å². The number of carbonyl (C=O) groups excluding carboxylic acids is 3. The number of amides is 3. The lowest BCUT2D eigenvalue weighted by Gasteiger charge is -2.38. The summed E-state index contributed by atoms with van der Waals surface area (Å²) in [5.74, 6) is -0.659. The molecule has 41 heavy (non-hydrogen) atoms. The van der Waals surface area contributed by atoms with Gasteiger partial charge in [0.25, 0.3) is 0 Å². The summed E-state index contributed by atoms with van der Waals surface area (Å²) in [7, 11) is 0. The van der Waals surface area contributed by atoms with Crippen molar-refractivity contribution in [3.8, 4) is 0 Å². The minimum Gasteiger partial charge on any atom is -0.444 e. The Balaban J connectivity index is 2.03. The Labute approximate surface area is 244 Å². The van der Waals surface area contributed by atoms with E-state index >= 15 is 0 Å². The van der Waals surface area contributed by atoms with Gasteiger partial charge in [-0.15, -0.1) is 0 Å². The second kappa shape index (κ2) is 14.0. The fraction of sp³-hybridized carbons (Fsp3) is 0.382. The first-order valence-electron chi connectivity index (χ1n) is 14.1. The maximum absolute atomic E-state index is 14.4. The van der Waals surface area contributed by atoms with Crippen LogP contribution in [0.4, 0.5) is 4.79 Å². The largest absolute Gasteiger partial charge is 0.444 e. The van der Waals surface area contributed by atoms with Gasteiger partial charge in [-0.2, -0.15) is 0 Å². The molecule has 0 aliphatic heterocycles. The summed E-state index contributed by atoms with van der Waals surface area (Å²) in [6.45, 7) is 13.3. The van der Waals surface area contributed by atoms with Crippen LogP contribution in [0, 0.1) is 13.8 Å². The molecular formula is C34H43N3O4. The molecule has 0 fully saturated rings. The average molecular weight is 558 g/mol. The number of carbonyl (C=O) groups is 3. The summed E-state index contributed by atoms with van der Waals surface area (Å²) in [5, 5.41) is 5.85. The lowest BCUT2D eigenvalue weighted by Crippen LogP contribution is -2.55. The molecule has 7 heteroatoms. The van der Waals surface area contributed by atoms with E-state index in [0.29, 0.717) is 6.54 Å². The molecule has 2 unspecified atom stereocenters. The SMILES string of the molecule is Cc1ccc(C(C(=O)NCc2ccccc2)N(C(=O)C(Cc2ccccc2)NC(=O)OC(C)(C)C)C(C)C)c(C)c1. The third kappa shape index (κ3) is 9.20. The molecule has 2 atom stereocenters. The van der Waals surface area contributed by atoms with E-state index in [-0.39, 0.29) is 24.3 Å². The molecule has 3 aromatic carbocycles. The quantitative estimate of drug-likeness (QED) is 0.318. The first-order valence-corrected chi connectivity index (χ1v) is 14.1. The van der Waals surface area contributed by atoms with E-state index in [9.17, 15) is 14.4 Å². The summed E-state index contributed by atoms with van der Waals surface area (Å²) in [4.78, 5) is 42.9. The average Bonchev–Trinajstić information content (AvgIpc) is 2.90. The van der Waals surface area contributed by atoms with E-state index in [0.717, 1.165) is 27.8 Å². The summed E-state index contributed by atoms with van der Waals surface area (Å²) in [6.07, 6.45) is -0.444. The minimum atomic E-state index is -0.954. The van der Waals surface area contributed by atoms with Crippen LogP contribution >= 0.6 is 0 Å². The summed E-state index contributed by atoms with van der Waals surface area (Å²) in [6, 6.07) is 22.8. The van der Waals surface area contributed by atoms with Crippen molar-refractivity contribution in [2.75, 3.05) is 0 Å². The second-order valence-electron chi connectivity index (χ2n) is 11.7. The van der Waals surface area contributed by atoms with E-state index in [2.05, 4.69) is 10.6 Å². The van der Waals surface area contributed by atoms with Crippen LogP contribution < -0.4 is 10.6 Å². The van der Waals surface area contributed by atoms with E-state index < -0.39 is 23.8 Å². The van der Waals surface area contributed by atoms with Gasteiger partial charge in [0.1, 0.15) is 17.7 Å². The number of nitrogens with zero attached hydrogens (tertiary/aromatic N) is 1. The van der Waals surface area contributed by atoms with Crippen molar-refractivity contribution in [3.63, 3.8) is 0 Å². The number of rotatable bonds is 10. The van der Waals surface area contributed by atoms with Crippen LogP contribution in [0.1, 0.15) is 68.5 Å². The number of hydrogen-bond donors (Lipinski definition) is 2. The number of alkyl carbamates (subject to hydrolysis) is 1. The summed E-state index contributed by atoms with van der Waals surface area (Å²) < 4.78 is 5.51. The fourth-order valence-electron chi connectivity index (χ4n) is 4.79. The number of ether oxygens (including phenoxy) is 1. The van der Waals surface area contributed by atoms with Crippen molar-refractivity contribution in [3.05, 3.63) is 107 Å². The maximum atomic E-state index is 14.4. The van der Waals surface area contributed by atoms with Crippen molar-refractivity contribution >= 4 is 17.9 Å². The Hall–Kier alpha value is -4.13. The number of nitrogens with one attached hydrogen (secondary N) is 2. The van der Waals surface area contributed by atoms with Crippen LogP contribution in [0.2, 0.25) is 0 Å². The molecule has 0 aliphatic rings. The molecule has 0 saturated heterocycles. The lowest BCUT2D eigenvalue weighted by molar-refractivity contribution is -0.144. The molecule has 0 radical (unpaired) electrons. The summed E-state index contributed by atoms with van der Waals surface area (Å²) in [5.41, 5.74) is 3.80. The molecule has 3 aromatic rings. The molecule has 0 aromatic heterocycles. The van der Waals surface area contributed by atoms with Gasteiger partial charge in [-0.3, -0.25) is 9.59 Å². The highest BCUT2D eigenvalue weighted by atomic mass is 16.6. The van der Waals surface area contributed by atoms with Crippen LogP contribution in [0.5, 0.6) is 0 Å². The third-order valence-corrected chi connectivity index (χ3v) is 6.64. The van der Waals surface area contributed by atoms with Gasteiger partial charge in [0.2, 0.25) is 11.8 Å². The standard InChI is InChI=1S/C34H43N3O4/c1-23(2)37(32(39)29(21-26-14-10-8-11-15-26)36-33(40)41-34(5,6)7)30(28-19-18-24(3)20-25(28)4)31(38)35-22-27-16-12-9-13-17-27/h8-20,23,29-30H,21-22H2,1-7H3,(H,35,38)(H,36,40). The van der Waals surface area contributed by atoms with Crippen LogP contribution in [0.3, 0.4) is 0 Å². The van der Waals surface area contributed by atoms with Gasteiger partial charge in [0.15, 0.2) is 0 Å². The second-order valence-corrected chi connectivity index (χ2v) is 11.7. The van der Waals surface area contributed by atoms with Crippen LogP contribution in [0.15, 0.2) is 78.9 Å². The zero-order valence-electron chi connectivity index (χ0n) is 25.2. The maximum Gasteiger partial charge on any atom is 0.408 e. The van der Waals surface area contributed by atoms with Gasteiger partial charge in [-0.05, 0) is 70.7 Å². The number of benzene rings is 3. The highest BCUT2D eigenvalue weighted by molar-refractivity contribution is 5.92. The molecule has 218 valence electrons. The first kappa shape index (κ1) is 31.4. The number of hydrogen-bond acceptors (Lipinski definition) is 4. The Kier molecular flexibility index (Phi) is 10.7. The molecule has 3 rings (SSSR count). The first-order chi connectivity index (χ1) is 19.4. The molecular weight excluding hydrogens is 514 g/mol. The number of aryl methyl sites for hydroxylation is 2. The van der Waals surface area contributed by atoms with Gasteiger partial charge in [-0.25, -0.2) is 4.79 Å². The predicted octanol–water partition coefficient (Wildman–Crippen LogP) is 6.03. The zero-order valence-corrected chi connectivity index (χ0v) is 25.2. The van der Waals surface area contributed by atoms with Gasteiger partial charge in [0, 0.05) is 19.0 Å². The van der Waals surface area contributed by atoms with Crippen LogP contribution in [-0.2, 0) is 27.3 Å². The van der Waals surface area contributed by atoms with Gasteiger partial charge < -0.3 is 20.3 Å². The highest BCUT2D eigenvalue weighted by Gasteiger charge is 2.38. The Morgan fingerprint density at radius 3 is 1.98 bits per heavy atom. The van der Waals surface area contributed by atoms with Crippen LogP contribution in [-0.4, -0.2) is 40.5 Å². The van der Waals surface area contributed by atoms with Crippen molar-refractivity contribution in [1.29, 1.82) is 0 Å². The zero-order chi connectivity index (χ0) is 30.2. The molecule has 0 aliphatic carbocycles. The Morgan fingerprint density at radius 1 is 0.854 bits per heavy atom. The Bertz CT molecular complexity index is 1320. The van der Waals surface area contributed by atoms with Gasteiger partial charge >= 0.3 is 6.09 Å². The fourth-order valence-corrected chi connectivity index (χ4v) is 4.79. The van der Waals surface area contributed by atoms with Crippen molar-refractivity contribution in [2.45, 2.75) is 85.2 Å². The normalized spacial score (nSPS) is 12.8. The summed E-state index contributed by atoms with van der Waals surface area (Å²) >= 11 is 0. The Morgan fingerprint density at radius 2 is 1.44 bits per heavy atom. The van der Waals surface area contributed by atoms with E-state index in [1.807, 2.05) is 107 Å². The van der Waals surface area contributed by atoms with Crippen LogP contribution in [0.25, 0.3) is 0 Å². The molecule has 0 spiro atoms.